The standard InChI is InChI=1S/C33H31FN4O6/c1-5-37-30-14-10-22(17-26(30)27-18-23(38(40)41)11-15-31(27)37)32(36-44-33(39)35-29-9-7-6-8-28(29)34)25-13-12-24(16-20(25)2)43-21(3)19-42-4/h6-18,21H,5,19H2,1-4H3,(H,35,39)/b36-32-. The number of para-hydroxylation sites is 1. The number of hydrogen-bond acceptors (Lipinski definition) is 7. The Bertz CT molecular complexity index is 1900. The van der Waals surface area contributed by atoms with E-state index in [2.05, 4.69) is 15.0 Å². The predicted molar refractivity (Wildman–Crippen MR) is 167 cm³/mol. The van der Waals surface area contributed by atoms with E-state index >= 15 is 0 Å². The summed E-state index contributed by atoms with van der Waals surface area (Å²) in [5, 5.41) is 19.7. The number of hydrogen-bond donors (Lipinski definition) is 1. The Kier molecular flexibility index (Phi) is 8.86. The van der Waals surface area contributed by atoms with Crippen LogP contribution in [0.25, 0.3) is 21.8 Å². The summed E-state index contributed by atoms with van der Waals surface area (Å²) in [6.45, 7) is 6.85. The molecule has 0 bridgehead atoms. The van der Waals surface area contributed by atoms with E-state index in [1.807, 2.05) is 51.1 Å². The van der Waals surface area contributed by atoms with Crippen LogP contribution in [0.5, 0.6) is 5.75 Å². The minimum atomic E-state index is -0.974. The molecule has 0 aliphatic carbocycles. The van der Waals surface area contributed by atoms with Crippen LogP contribution in [0, 0.1) is 22.9 Å². The number of non-ortho nitro benzene ring substituents is 1. The van der Waals surface area contributed by atoms with Crippen LogP contribution >= 0.6 is 0 Å². The van der Waals surface area contributed by atoms with Crippen LogP contribution in [0.4, 0.5) is 20.6 Å². The Morgan fingerprint density at radius 2 is 1.77 bits per heavy atom. The Balaban J connectivity index is 1.60. The summed E-state index contributed by atoms with van der Waals surface area (Å²) in [6.07, 6.45) is -1.15. The third-order valence-corrected chi connectivity index (χ3v) is 7.17. The molecule has 1 unspecified atom stereocenters. The normalized spacial score (nSPS) is 12.3. The van der Waals surface area contributed by atoms with Crippen molar-refractivity contribution < 1.29 is 28.4 Å². The molecule has 1 atom stereocenters. The van der Waals surface area contributed by atoms with Crippen LogP contribution in [0.3, 0.4) is 0 Å². The predicted octanol–water partition coefficient (Wildman–Crippen LogP) is 7.58. The second kappa shape index (κ2) is 12.9. The zero-order valence-corrected chi connectivity index (χ0v) is 24.7. The van der Waals surface area contributed by atoms with E-state index in [1.54, 1.807) is 31.4 Å². The van der Waals surface area contributed by atoms with Gasteiger partial charge in [0, 0.05) is 58.7 Å². The Morgan fingerprint density at radius 1 is 1.05 bits per heavy atom. The van der Waals surface area contributed by atoms with Crippen LogP contribution in [-0.2, 0) is 16.1 Å². The lowest BCUT2D eigenvalue weighted by molar-refractivity contribution is -0.384. The zero-order valence-electron chi connectivity index (χ0n) is 24.7. The molecule has 1 amide bonds. The molecule has 0 fully saturated rings. The molecule has 0 aliphatic heterocycles. The molecule has 1 heterocycles. The molecule has 0 saturated carbocycles. The molecule has 11 heteroatoms. The first kappa shape index (κ1) is 30.2. The van der Waals surface area contributed by atoms with Crippen molar-refractivity contribution >= 4 is 45.0 Å². The minimum Gasteiger partial charge on any atom is -0.488 e. The number of aryl methyl sites for hydroxylation is 2. The van der Waals surface area contributed by atoms with E-state index in [4.69, 9.17) is 14.3 Å². The number of halogens is 1. The van der Waals surface area contributed by atoms with Crippen molar-refractivity contribution in [1.82, 2.24) is 4.57 Å². The van der Waals surface area contributed by atoms with Gasteiger partial charge in [0.05, 0.1) is 17.2 Å². The van der Waals surface area contributed by atoms with E-state index in [0.29, 0.717) is 41.1 Å². The van der Waals surface area contributed by atoms with Crippen molar-refractivity contribution in [3.8, 4) is 5.75 Å². The lowest BCUT2D eigenvalue weighted by Gasteiger charge is -2.16. The van der Waals surface area contributed by atoms with Gasteiger partial charge in [0.15, 0.2) is 0 Å². The molecule has 10 nitrogen and oxygen atoms in total. The largest absolute Gasteiger partial charge is 0.488 e. The lowest BCUT2D eigenvalue weighted by Crippen LogP contribution is -2.18. The molecule has 44 heavy (non-hydrogen) atoms. The lowest BCUT2D eigenvalue weighted by atomic mass is 9.96. The molecule has 226 valence electrons. The minimum absolute atomic E-state index is 0.0192. The third-order valence-electron chi connectivity index (χ3n) is 7.17. The summed E-state index contributed by atoms with van der Waals surface area (Å²) in [7, 11) is 1.60. The average molecular weight is 599 g/mol. The molecule has 5 aromatic rings. The number of carbonyl (C=O) groups is 1. The van der Waals surface area contributed by atoms with Gasteiger partial charge in [-0.3, -0.25) is 20.3 Å². The Labute approximate surface area is 252 Å². The van der Waals surface area contributed by atoms with Crippen molar-refractivity contribution in [1.29, 1.82) is 0 Å². The molecule has 1 aromatic heterocycles. The van der Waals surface area contributed by atoms with Gasteiger partial charge in [-0.1, -0.05) is 23.4 Å². The van der Waals surface area contributed by atoms with Gasteiger partial charge in [0.1, 0.15) is 23.4 Å². The van der Waals surface area contributed by atoms with E-state index in [0.717, 1.165) is 22.0 Å². The number of carbonyl (C=O) groups excluding carboxylic acids is 1. The number of rotatable bonds is 10. The van der Waals surface area contributed by atoms with Crippen LogP contribution in [0.2, 0.25) is 0 Å². The quantitative estimate of drug-likeness (QED) is 0.0766. The first-order chi connectivity index (χ1) is 21.2. The first-order valence-electron chi connectivity index (χ1n) is 14.0. The fourth-order valence-electron chi connectivity index (χ4n) is 5.21. The zero-order chi connectivity index (χ0) is 31.4. The molecular formula is C33H31FN4O6. The number of ether oxygens (including phenoxy) is 2. The summed E-state index contributed by atoms with van der Waals surface area (Å²) >= 11 is 0. The second-order valence-electron chi connectivity index (χ2n) is 10.2. The highest BCUT2D eigenvalue weighted by Crippen LogP contribution is 2.33. The van der Waals surface area contributed by atoms with Crippen molar-refractivity contribution in [3.63, 3.8) is 0 Å². The molecule has 0 radical (unpaired) electrons. The van der Waals surface area contributed by atoms with Crippen molar-refractivity contribution in [2.75, 3.05) is 19.0 Å². The highest BCUT2D eigenvalue weighted by molar-refractivity contribution is 6.17. The first-order valence-corrected chi connectivity index (χ1v) is 14.0. The third kappa shape index (κ3) is 6.23. The van der Waals surface area contributed by atoms with Gasteiger partial charge < -0.3 is 14.0 Å². The molecule has 4 aromatic carbocycles. The van der Waals surface area contributed by atoms with Crippen LogP contribution < -0.4 is 10.1 Å². The summed E-state index contributed by atoms with van der Waals surface area (Å²) in [5.74, 6) is 0.0109. The van der Waals surface area contributed by atoms with Crippen molar-refractivity contribution in [3.05, 3.63) is 111 Å². The fourth-order valence-corrected chi connectivity index (χ4v) is 5.21. The Hall–Kier alpha value is -5.29. The molecule has 0 aliphatic rings. The van der Waals surface area contributed by atoms with Gasteiger partial charge in [-0.25, -0.2) is 9.18 Å². The monoisotopic (exact) mass is 598 g/mol. The number of nitro groups is 1. The Morgan fingerprint density at radius 3 is 2.45 bits per heavy atom. The van der Waals surface area contributed by atoms with Crippen molar-refractivity contribution in [2.24, 2.45) is 5.16 Å². The van der Waals surface area contributed by atoms with Crippen molar-refractivity contribution in [2.45, 2.75) is 33.4 Å². The highest BCUT2D eigenvalue weighted by Gasteiger charge is 2.19. The number of nitrogens with zero attached hydrogens (tertiary/aromatic N) is 3. The smallest absolute Gasteiger partial charge is 0.437 e. The number of benzene rings is 4. The fraction of sp³-hybridized carbons (Fsp3) is 0.212. The average Bonchev–Trinajstić information content (AvgIpc) is 3.31. The van der Waals surface area contributed by atoms with E-state index in [-0.39, 0.29) is 17.5 Å². The maximum Gasteiger partial charge on any atom is 0.437 e. The second-order valence-corrected chi connectivity index (χ2v) is 10.2. The highest BCUT2D eigenvalue weighted by atomic mass is 19.1. The molecule has 0 saturated heterocycles. The number of amides is 1. The molecule has 5 rings (SSSR count). The van der Waals surface area contributed by atoms with Gasteiger partial charge in [-0.2, -0.15) is 0 Å². The molecule has 1 N–H and O–H groups in total. The molecular weight excluding hydrogens is 567 g/mol. The van der Waals surface area contributed by atoms with Gasteiger partial charge in [0.2, 0.25) is 0 Å². The summed E-state index contributed by atoms with van der Waals surface area (Å²) in [6, 6.07) is 21.6. The summed E-state index contributed by atoms with van der Waals surface area (Å²) < 4.78 is 27.3. The van der Waals surface area contributed by atoms with Gasteiger partial charge in [0.25, 0.3) is 5.69 Å². The van der Waals surface area contributed by atoms with Gasteiger partial charge in [-0.05, 0) is 74.9 Å². The number of oxime groups is 1. The van der Waals surface area contributed by atoms with Gasteiger partial charge in [-0.15, -0.1) is 0 Å². The number of nitro benzene ring substituents is 1. The van der Waals surface area contributed by atoms with E-state index in [1.165, 1.54) is 24.3 Å². The molecule has 0 spiro atoms. The summed E-state index contributed by atoms with van der Waals surface area (Å²) in [4.78, 5) is 29.1. The number of fused-ring (bicyclic) bond motifs is 3. The number of aromatic nitrogens is 1. The van der Waals surface area contributed by atoms with Crippen LogP contribution in [0.1, 0.15) is 30.5 Å². The van der Waals surface area contributed by atoms with Crippen LogP contribution in [-0.4, -0.2) is 41.1 Å². The van der Waals surface area contributed by atoms with Crippen LogP contribution in [0.15, 0.2) is 84.0 Å². The summed E-state index contributed by atoms with van der Waals surface area (Å²) in [5.41, 5.74) is 4.04. The number of anilines is 1. The topological polar surface area (TPSA) is 117 Å². The maximum absolute atomic E-state index is 14.1. The number of nitrogens with one attached hydrogen (secondary N) is 1. The van der Waals surface area contributed by atoms with E-state index in [9.17, 15) is 19.3 Å². The maximum atomic E-state index is 14.1. The van der Waals surface area contributed by atoms with E-state index < -0.39 is 16.8 Å². The van der Waals surface area contributed by atoms with Gasteiger partial charge >= 0.3 is 6.09 Å². The SMILES string of the molecule is CCn1c2ccc(/C(=N/OC(=O)Nc3ccccc3F)c3ccc(OC(C)COC)cc3C)cc2c2cc([N+](=O)[O-])ccc21. The number of methoxy groups -OCH3 is 1.